The number of hydrogen-bond acceptors (Lipinski definition) is 8. The summed E-state index contributed by atoms with van der Waals surface area (Å²) in [5.41, 5.74) is -2.62. The molecule has 3 amide bonds. The predicted octanol–water partition coefficient (Wildman–Crippen LogP) is 6.24. The number of allylic oxidation sites excluding steroid dienone is 1. The molecule has 0 fully saturated rings. The number of benzene rings is 2. The van der Waals surface area contributed by atoms with Gasteiger partial charge in [-0.1, -0.05) is 18.2 Å². The first-order valence-corrected chi connectivity index (χ1v) is 14.6. The van der Waals surface area contributed by atoms with Crippen LogP contribution in [-0.4, -0.2) is 59.9 Å². The van der Waals surface area contributed by atoms with Crippen LogP contribution in [0.15, 0.2) is 59.8 Å². The van der Waals surface area contributed by atoms with Crippen molar-refractivity contribution in [2.45, 2.75) is 71.9 Å². The van der Waals surface area contributed by atoms with E-state index >= 15 is 0 Å². The topological polar surface area (TPSA) is 138 Å². The molecular weight excluding hydrogens is 621 g/mol. The normalized spacial score (nSPS) is 15.6. The number of esters is 2. The molecule has 0 saturated heterocycles. The lowest BCUT2D eigenvalue weighted by atomic mass is 9.92. The molecule has 1 unspecified atom stereocenters. The Labute approximate surface area is 270 Å². The minimum atomic E-state index is -4.74. The summed E-state index contributed by atoms with van der Waals surface area (Å²) in [6.07, 6.45) is -5.49. The van der Waals surface area contributed by atoms with Gasteiger partial charge in [0.05, 0.1) is 41.0 Å². The van der Waals surface area contributed by atoms with Gasteiger partial charge in [-0.3, -0.25) is 9.69 Å². The quantitative estimate of drug-likeness (QED) is 0.200. The number of anilines is 1. The molecular formula is C33H37F3N4O7. The molecule has 14 heteroatoms. The van der Waals surface area contributed by atoms with Gasteiger partial charge in [0.15, 0.2) is 0 Å². The summed E-state index contributed by atoms with van der Waals surface area (Å²) in [4.78, 5) is 55.0. The maximum absolute atomic E-state index is 14.2. The Bertz CT molecular complexity index is 1580. The Morgan fingerprint density at radius 1 is 0.957 bits per heavy atom. The summed E-state index contributed by atoms with van der Waals surface area (Å²) in [6.45, 7) is 10.1. The van der Waals surface area contributed by atoms with E-state index < -0.39 is 59.6 Å². The number of rotatable bonds is 8. The van der Waals surface area contributed by atoms with Crippen LogP contribution in [0.3, 0.4) is 0 Å². The molecule has 3 rings (SSSR count). The van der Waals surface area contributed by atoms with Gasteiger partial charge in [-0.2, -0.15) is 18.4 Å². The number of nitrogens with one attached hydrogen (secondary N) is 1. The Morgan fingerprint density at radius 3 is 2.13 bits per heavy atom. The lowest BCUT2D eigenvalue weighted by Crippen LogP contribution is -2.53. The Hall–Kier alpha value is -5.06. The van der Waals surface area contributed by atoms with E-state index in [2.05, 4.69) is 5.32 Å². The first-order chi connectivity index (χ1) is 21.7. The lowest BCUT2D eigenvalue weighted by Gasteiger charge is -2.42. The van der Waals surface area contributed by atoms with E-state index in [-0.39, 0.29) is 35.7 Å². The van der Waals surface area contributed by atoms with Crippen molar-refractivity contribution in [2.75, 3.05) is 24.6 Å². The molecule has 2 aromatic rings. The molecule has 0 aliphatic carbocycles. The zero-order valence-electron chi connectivity index (χ0n) is 27.2. The van der Waals surface area contributed by atoms with Crippen LogP contribution >= 0.6 is 0 Å². The summed E-state index contributed by atoms with van der Waals surface area (Å²) >= 11 is 0. The highest BCUT2D eigenvalue weighted by Gasteiger charge is 2.45. The second-order valence-electron chi connectivity index (χ2n) is 12.6. The highest BCUT2D eigenvalue weighted by molar-refractivity contribution is 6.04. The van der Waals surface area contributed by atoms with Crippen LogP contribution in [0.25, 0.3) is 0 Å². The molecule has 252 valence electrons. The van der Waals surface area contributed by atoms with Gasteiger partial charge in [-0.25, -0.2) is 14.4 Å². The number of ether oxygens (including phenoxy) is 3. The van der Waals surface area contributed by atoms with Crippen molar-refractivity contribution >= 4 is 29.8 Å². The number of amides is 3. The average molecular weight is 659 g/mol. The summed E-state index contributed by atoms with van der Waals surface area (Å²) < 4.78 is 57.1. The summed E-state index contributed by atoms with van der Waals surface area (Å²) in [7, 11) is 0. The van der Waals surface area contributed by atoms with Crippen LogP contribution < -0.4 is 10.2 Å². The molecule has 11 nitrogen and oxygen atoms in total. The van der Waals surface area contributed by atoms with Crippen LogP contribution in [0.4, 0.5) is 28.4 Å². The molecule has 1 aliphatic heterocycles. The number of nitrogens with zero attached hydrogens (tertiary/aromatic N) is 3. The fourth-order valence-electron chi connectivity index (χ4n) is 4.69. The highest BCUT2D eigenvalue weighted by Crippen LogP contribution is 2.41. The van der Waals surface area contributed by atoms with Crippen LogP contribution in [0.1, 0.15) is 71.2 Å². The van der Waals surface area contributed by atoms with Crippen LogP contribution in [0, 0.1) is 11.3 Å². The number of carbonyl (C=O) groups is 4. The van der Waals surface area contributed by atoms with Crippen molar-refractivity contribution in [3.05, 3.63) is 76.5 Å². The third-order valence-electron chi connectivity index (χ3n) is 6.48. The monoisotopic (exact) mass is 658 g/mol. The third kappa shape index (κ3) is 9.71. The van der Waals surface area contributed by atoms with Gasteiger partial charge in [0.1, 0.15) is 24.4 Å². The second-order valence-corrected chi connectivity index (χ2v) is 12.6. The van der Waals surface area contributed by atoms with E-state index in [9.17, 15) is 37.6 Å². The van der Waals surface area contributed by atoms with Crippen molar-refractivity contribution in [1.29, 1.82) is 5.26 Å². The van der Waals surface area contributed by atoms with Gasteiger partial charge in [0.25, 0.3) is 0 Å². The number of nitriles is 1. The number of urea groups is 1. The van der Waals surface area contributed by atoms with E-state index in [0.717, 1.165) is 28.0 Å². The van der Waals surface area contributed by atoms with Gasteiger partial charge in [-0.05, 0) is 84.4 Å². The van der Waals surface area contributed by atoms with E-state index in [1.165, 1.54) is 37.3 Å². The van der Waals surface area contributed by atoms with Crippen LogP contribution in [-0.2, 0) is 30.0 Å². The molecule has 47 heavy (non-hydrogen) atoms. The zero-order valence-corrected chi connectivity index (χ0v) is 27.2. The second kappa shape index (κ2) is 14.1. The summed E-state index contributed by atoms with van der Waals surface area (Å²) in [5, 5.41) is 11.8. The van der Waals surface area contributed by atoms with Crippen LogP contribution in [0.2, 0.25) is 0 Å². The predicted molar refractivity (Wildman–Crippen MR) is 164 cm³/mol. The molecule has 1 atom stereocenters. The number of alkyl carbamates (subject to hydrolysis) is 1. The van der Waals surface area contributed by atoms with Crippen LogP contribution in [0.5, 0.6) is 0 Å². The SMILES string of the molecule is CC1=C(C(=O)OCCNC(=O)OC(C)(C)C)C(c2ccc(C#N)cc2)N(CC(=O)OC(C)(C)C)C(=O)N1c1cccc(C(F)(F)F)c1. The molecule has 1 aliphatic rings. The van der Waals surface area contributed by atoms with E-state index in [0.29, 0.717) is 5.56 Å². The maximum Gasteiger partial charge on any atom is 0.416 e. The van der Waals surface area contributed by atoms with E-state index in [1.54, 1.807) is 41.5 Å². The third-order valence-corrected chi connectivity index (χ3v) is 6.48. The molecule has 1 N–H and O–H groups in total. The largest absolute Gasteiger partial charge is 0.460 e. The molecule has 0 saturated carbocycles. The fourth-order valence-corrected chi connectivity index (χ4v) is 4.69. The number of alkyl halides is 3. The van der Waals surface area contributed by atoms with Gasteiger partial charge in [0, 0.05) is 5.70 Å². The number of halogens is 3. The minimum absolute atomic E-state index is 0.0609. The van der Waals surface area contributed by atoms with Gasteiger partial charge >= 0.3 is 30.2 Å². The standard InChI is InChI=1S/C33H37F3N4O7/c1-20-26(28(42)45-16-15-38-29(43)47-32(5,6)7)27(22-13-11-21(18-37)12-14-22)39(19-25(41)46-31(2,3)4)30(44)40(20)24-10-8-9-23(17-24)33(34,35)36/h8-14,17,27H,15-16,19H2,1-7H3,(H,38,43). The Balaban J connectivity index is 2.14. The average Bonchev–Trinajstić information content (AvgIpc) is 2.94. The van der Waals surface area contributed by atoms with Gasteiger partial charge < -0.3 is 24.4 Å². The summed E-state index contributed by atoms with van der Waals surface area (Å²) in [6, 6.07) is 9.63. The Kier molecular flexibility index (Phi) is 11.0. The lowest BCUT2D eigenvalue weighted by molar-refractivity contribution is -0.156. The molecule has 2 aromatic carbocycles. The molecule has 0 radical (unpaired) electrons. The number of hydrogen-bond donors (Lipinski definition) is 1. The summed E-state index contributed by atoms with van der Waals surface area (Å²) in [5.74, 6) is -1.82. The number of carbonyl (C=O) groups excluding carboxylic acids is 4. The fraction of sp³-hybridized carbons (Fsp3) is 0.424. The first kappa shape index (κ1) is 36.4. The van der Waals surface area contributed by atoms with E-state index in [1.807, 2.05) is 6.07 Å². The van der Waals surface area contributed by atoms with Crippen molar-refractivity contribution in [3.8, 4) is 6.07 Å². The van der Waals surface area contributed by atoms with Crippen molar-refractivity contribution in [3.63, 3.8) is 0 Å². The zero-order chi connectivity index (χ0) is 35.3. The maximum atomic E-state index is 14.2. The first-order valence-electron chi connectivity index (χ1n) is 14.6. The Morgan fingerprint density at radius 2 is 1.57 bits per heavy atom. The minimum Gasteiger partial charge on any atom is -0.460 e. The van der Waals surface area contributed by atoms with E-state index in [4.69, 9.17) is 14.2 Å². The molecule has 1 heterocycles. The van der Waals surface area contributed by atoms with Crippen molar-refractivity contribution < 1.29 is 46.6 Å². The van der Waals surface area contributed by atoms with Crippen molar-refractivity contribution in [1.82, 2.24) is 10.2 Å². The molecule has 0 spiro atoms. The molecule has 0 aromatic heterocycles. The molecule has 0 bridgehead atoms. The highest BCUT2D eigenvalue weighted by atomic mass is 19.4. The van der Waals surface area contributed by atoms with Gasteiger partial charge in [-0.15, -0.1) is 0 Å². The van der Waals surface area contributed by atoms with Crippen molar-refractivity contribution in [2.24, 2.45) is 0 Å². The smallest absolute Gasteiger partial charge is 0.416 e. The van der Waals surface area contributed by atoms with Gasteiger partial charge in [0.2, 0.25) is 0 Å².